The van der Waals surface area contributed by atoms with E-state index in [4.69, 9.17) is 0 Å². The molecule has 2 aromatic rings. The molecule has 6 heteroatoms. The van der Waals surface area contributed by atoms with Crippen molar-refractivity contribution >= 4 is 17.2 Å². The van der Waals surface area contributed by atoms with E-state index in [1.165, 1.54) is 37.3 Å². The van der Waals surface area contributed by atoms with Crippen LogP contribution in [0.25, 0.3) is 10.6 Å². The molecule has 1 N–H and O–H groups in total. The second kappa shape index (κ2) is 5.78. The van der Waals surface area contributed by atoms with Gasteiger partial charge in [-0.2, -0.15) is 0 Å². The zero-order valence-corrected chi connectivity index (χ0v) is 13.1. The van der Waals surface area contributed by atoms with Crippen LogP contribution in [0, 0.1) is 5.92 Å². The molecule has 5 heterocycles. The van der Waals surface area contributed by atoms with Crippen molar-refractivity contribution in [2.75, 3.05) is 19.6 Å². The second-order valence-corrected chi connectivity index (χ2v) is 7.02. The molecule has 0 aliphatic carbocycles. The molecule has 2 aromatic heterocycles. The topological polar surface area (TPSA) is 58.1 Å². The number of amides is 1. The summed E-state index contributed by atoms with van der Waals surface area (Å²) >= 11 is 1.43. The fraction of sp³-hybridized carbons (Fsp3) is 0.438. The Morgan fingerprint density at radius 3 is 2.86 bits per heavy atom. The van der Waals surface area contributed by atoms with E-state index in [1.807, 2.05) is 12.1 Å². The Morgan fingerprint density at radius 1 is 1.32 bits per heavy atom. The molecular formula is C16H18N4OS. The first-order valence-corrected chi connectivity index (χ1v) is 8.51. The summed E-state index contributed by atoms with van der Waals surface area (Å²) in [6.07, 6.45) is 7.58. The molecule has 0 saturated carbocycles. The molecule has 3 aliphatic rings. The Labute approximate surface area is 133 Å². The average molecular weight is 314 g/mol. The summed E-state index contributed by atoms with van der Waals surface area (Å²) in [5.41, 5.74) is 0.953. The number of aromatic nitrogens is 2. The zero-order chi connectivity index (χ0) is 14.9. The summed E-state index contributed by atoms with van der Waals surface area (Å²) in [5.74, 6) is 0.644. The fourth-order valence-corrected chi connectivity index (χ4v) is 4.18. The van der Waals surface area contributed by atoms with Gasteiger partial charge in [0.1, 0.15) is 9.88 Å². The maximum Gasteiger partial charge on any atom is 0.263 e. The maximum atomic E-state index is 12.5. The van der Waals surface area contributed by atoms with Crippen LogP contribution in [0.1, 0.15) is 22.5 Å². The number of rotatable bonds is 3. The van der Waals surface area contributed by atoms with Crippen molar-refractivity contribution in [2.24, 2.45) is 5.92 Å². The smallest absolute Gasteiger partial charge is 0.263 e. The van der Waals surface area contributed by atoms with Crippen molar-refractivity contribution in [2.45, 2.75) is 18.9 Å². The highest BCUT2D eigenvalue weighted by molar-refractivity contribution is 7.16. The number of piperidine rings is 3. The molecule has 5 rings (SSSR count). The highest BCUT2D eigenvalue weighted by Crippen LogP contribution is 2.28. The molecule has 1 atom stereocenters. The van der Waals surface area contributed by atoms with E-state index in [2.05, 4.69) is 20.2 Å². The number of pyridine rings is 1. The normalized spacial score (nSPS) is 26.8. The minimum absolute atomic E-state index is 0.00592. The van der Waals surface area contributed by atoms with Gasteiger partial charge in [0.05, 0.1) is 6.20 Å². The lowest BCUT2D eigenvalue weighted by Gasteiger charge is -2.44. The van der Waals surface area contributed by atoms with Gasteiger partial charge in [0.15, 0.2) is 0 Å². The first-order valence-electron chi connectivity index (χ1n) is 7.69. The third-order valence-corrected chi connectivity index (χ3v) is 5.66. The van der Waals surface area contributed by atoms with Crippen LogP contribution in [-0.2, 0) is 0 Å². The van der Waals surface area contributed by atoms with Gasteiger partial charge in [-0.3, -0.25) is 9.78 Å². The van der Waals surface area contributed by atoms with Crippen molar-refractivity contribution < 1.29 is 4.79 Å². The van der Waals surface area contributed by atoms with E-state index >= 15 is 0 Å². The molecule has 1 amide bonds. The van der Waals surface area contributed by atoms with Crippen molar-refractivity contribution in [1.29, 1.82) is 0 Å². The van der Waals surface area contributed by atoms with Crippen molar-refractivity contribution in [3.05, 3.63) is 35.6 Å². The predicted octanol–water partition coefficient (Wildman–Crippen LogP) is 2.03. The van der Waals surface area contributed by atoms with Crippen molar-refractivity contribution in [3.63, 3.8) is 0 Å². The molecular weight excluding hydrogens is 296 g/mol. The number of carbonyl (C=O) groups excluding carboxylic acids is 1. The largest absolute Gasteiger partial charge is 0.347 e. The number of hydrogen-bond acceptors (Lipinski definition) is 5. The van der Waals surface area contributed by atoms with E-state index < -0.39 is 0 Å². The Hall–Kier alpha value is -1.79. The van der Waals surface area contributed by atoms with Gasteiger partial charge in [0.2, 0.25) is 0 Å². The Kier molecular flexibility index (Phi) is 3.63. The Balaban J connectivity index is 1.46. The van der Waals surface area contributed by atoms with Crippen molar-refractivity contribution in [3.8, 4) is 10.6 Å². The minimum Gasteiger partial charge on any atom is -0.347 e. The summed E-state index contributed by atoms with van der Waals surface area (Å²) in [6.45, 7) is 3.36. The van der Waals surface area contributed by atoms with Gasteiger partial charge in [-0.05, 0) is 44.0 Å². The summed E-state index contributed by atoms with van der Waals surface area (Å²) in [4.78, 5) is 24.0. The van der Waals surface area contributed by atoms with Crippen LogP contribution in [0.15, 0.2) is 30.7 Å². The lowest BCUT2D eigenvalue weighted by Crippen LogP contribution is -2.57. The monoisotopic (exact) mass is 314 g/mol. The van der Waals surface area contributed by atoms with Gasteiger partial charge in [0.25, 0.3) is 5.91 Å². The highest BCUT2D eigenvalue weighted by atomic mass is 32.1. The number of fused-ring (bicyclic) bond motifs is 3. The fourth-order valence-electron chi connectivity index (χ4n) is 3.37. The lowest BCUT2D eigenvalue weighted by atomic mass is 9.84. The molecule has 3 aliphatic heterocycles. The van der Waals surface area contributed by atoms with Gasteiger partial charge in [-0.1, -0.05) is 0 Å². The molecule has 3 saturated heterocycles. The first-order chi connectivity index (χ1) is 10.8. The number of carbonyl (C=O) groups is 1. The van der Waals surface area contributed by atoms with E-state index in [0.717, 1.165) is 17.1 Å². The highest BCUT2D eigenvalue weighted by Gasteiger charge is 2.35. The van der Waals surface area contributed by atoms with Gasteiger partial charge in [-0.25, -0.2) is 4.98 Å². The lowest BCUT2D eigenvalue weighted by molar-refractivity contribution is 0.0622. The van der Waals surface area contributed by atoms with Gasteiger partial charge in [-0.15, -0.1) is 11.3 Å². The van der Waals surface area contributed by atoms with E-state index in [9.17, 15) is 4.79 Å². The first kappa shape index (κ1) is 13.8. The maximum absolute atomic E-state index is 12.5. The van der Waals surface area contributed by atoms with Crippen LogP contribution in [0.4, 0.5) is 0 Å². The van der Waals surface area contributed by atoms with Crippen LogP contribution < -0.4 is 5.32 Å². The second-order valence-electron chi connectivity index (χ2n) is 5.99. The Morgan fingerprint density at radius 2 is 2.18 bits per heavy atom. The third-order valence-electron chi connectivity index (χ3n) is 4.61. The molecule has 114 valence electrons. The summed E-state index contributed by atoms with van der Waals surface area (Å²) < 4.78 is 0. The van der Waals surface area contributed by atoms with Crippen LogP contribution in [0.5, 0.6) is 0 Å². The quantitative estimate of drug-likeness (QED) is 0.942. The molecule has 0 spiro atoms. The van der Waals surface area contributed by atoms with Gasteiger partial charge in [0, 0.05) is 30.5 Å². The molecule has 22 heavy (non-hydrogen) atoms. The molecule has 3 fully saturated rings. The third kappa shape index (κ3) is 2.64. The number of hydrogen-bond donors (Lipinski definition) is 1. The summed E-state index contributed by atoms with van der Waals surface area (Å²) in [7, 11) is 0. The predicted molar refractivity (Wildman–Crippen MR) is 85.8 cm³/mol. The van der Waals surface area contributed by atoms with Gasteiger partial charge < -0.3 is 10.2 Å². The van der Waals surface area contributed by atoms with E-state index in [-0.39, 0.29) is 5.91 Å². The van der Waals surface area contributed by atoms with Crippen LogP contribution >= 0.6 is 11.3 Å². The van der Waals surface area contributed by atoms with Gasteiger partial charge >= 0.3 is 0 Å². The number of nitrogens with zero attached hydrogens (tertiary/aromatic N) is 3. The standard InChI is InChI=1S/C16H18N4OS/c21-15(19-13-10-20-6-3-11(13)4-7-20)14-9-18-16(22-14)12-2-1-5-17-8-12/h1-2,5,8-9,11,13H,3-4,6-7,10H2,(H,19,21). The molecule has 2 bridgehead atoms. The minimum atomic E-state index is 0.00592. The molecule has 5 nitrogen and oxygen atoms in total. The molecule has 1 unspecified atom stereocenters. The summed E-state index contributed by atoms with van der Waals surface area (Å²) in [6, 6.07) is 4.13. The van der Waals surface area contributed by atoms with Crippen LogP contribution in [-0.4, -0.2) is 46.5 Å². The molecule has 0 radical (unpaired) electrons. The number of nitrogens with one attached hydrogen (secondary N) is 1. The van der Waals surface area contributed by atoms with E-state index in [1.54, 1.807) is 18.6 Å². The number of thiazole rings is 1. The molecule has 0 aromatic carbocycles. The van der Waals surface area contributed by atoms with Crippen LogP contribution in [0.2, 0.25) is 0 Å². The summed E-state index contributed by atoms with van der Waals surface area (Å²) in [5, 5.41) is 4.05. The average Bonchev–Trinajstić information content (AvgIpc) is 3.07. The van der Waals surface area contributed by atoms with E-state index in [0.29, 0.717) is 16.8 Å². The van der Waals surface area contributed by atoms with Crippen molar-refractivity contribution in [1.82, 2.24) is 20.2 Å². The Bertz CT molecular complexity index is 664. The zero-order valence-electron chi connectivity index (χ0n) is 12.2. The SMILES string of the molecule is O=C(NC1CN2CCC1CC2)c1cnc(-c2cccnc2)s1. The van der Waals surface area contributed by atoms with Crippen LogP contribution in [0.3, 0.4) is 0 Å².